The van der Waals surface area contributed by atoms with E-state index in [4.69, 9.17) is 28.9 Å². The predicted molar refractivity (Wildman–Crippen MR) is 75.5 cm³/mol. The number of hydrogen-bond donors (Lipinski definition) is 1. The van der Waals surface area contributed by atoms with Gasteiger partial charge in [-0.1, -0.05) is 29.3 Å². The highest BCUT2D eigenvalue weighted by molar-refractivity contribution is 6.35. The van der Waals surface area contributed by atoms with Crippen molar-refractivity contribution in [2.45, 2.75) is 0 Å². The molecule has 0 radical (unpaired) electrons. The van der Waals surface area contributed by atoms with E-state index in [9.17, 15) is 4.39 Å². The Morgan fingerprint density at radius 2 is 1.95 bits per heavy atom. The third-order valence-electron chi connectivity index (χ3n) is 2.80. The van der Waals surface area contributed by atoms with Crippen molar-refractivity contribution in [3.05, 3.63) is 52.3 Å². The van der Waals surface area contributed by atoms with Crippen molar-refractivity contribution < 1.29 is 4.39 Å². The van der Waals surface area contributed by atoms with Crippen LogP contribution in [0.1, 0.15) is 0 Å². The number of imidazole rings is 1. The molecule has 0 aliphatic rings. The van der Waals surface area contributed by atoms with Gasteiger partial charge in [0.2, 0.25) is 5.95 Å². The fraction of sp³-hybridized carbons (Fsp3) is 0. The van der Waals surface area contributed by atoms with E-state index in [1.165, 1.54) is 22.8 Å². The summed E-state index contributed by atoms with van der Waals surface area (Å²) in [6.45, 7) is 0. The molecule has 96 valence electrons. The summed E-state index contributed by atoms with van der Waals surface area (Å²) >= 11 is 12.0. The molecule has 0 saturated carbocycles. The first-order valence-corrected chi connectivity index (χ1v) is 6.21. The van der Waals surface area contributed by atoms with Gasteiger partial charge < -0.3 is 5.73 Å². The summed E-state index contributed by atoms with van der Waals surface area (Å²) in [5, 5.41) is 0.853. The summed E-state index contributed by atoms with van der Waals surface area (Å²) in [5.74, 6) is -0.292. The maximum atomic E-state index is 14.0. The van der Waals surface area contributed by atoms with E-state index in [1.54, 1.807) is 18.2 Å². The lowest BCUT2D eigenvalue weighted by molar-refractivity contribution is 0.620. The molecule has 19 heavy (non-hydrogen) atoms. The Labute approximate surface area is 118 Å². The molecule has 0 aliphatic carbocycles. The minimum absolute atomic E-state index is 0.157. The number of fused-ring (bicyclic) bond motifs is 1. The number of benzene rings is 2. The molecule has 0 unspecified atom stereocenters. The summed E-state index contributed by atoms with van der Waals surface area (Å²) in [7, 11) is 0. The maximum absolute atomic E-state index is 14.0. The van der Waals surface area contributed by atoms with Gasteiger partial charge in [0.05, 0.1) is 21.7 Å². The average Bonchev–Trinajstić information content (AvgIpc) is 2.70. The van der Waals surface area contributed by atoms with Gasteiger partial charge in [-0.05, 0) is 30.3 Å². The molecule has 0 saturated heterocycles. The Balaban J connectivity index is 2.42. The highest BCUT2D eigenvalue weighted by Crippen LogP contribution is 2.30. The number of rotatable bonds is 1. The second-order valence-electron chi connectivity index (χ2n) is 4.01. The zero-order valence-electron chi connectivity index (χ0n) is 9.57. The maximum Gasteiger partial charge on any atom is 0.206 e. The van der Waals surface area contributed by atoms with Gasteiger partial charge in [0.15, 0.2) is 0 Å². The van der Waals surface area contributed by atoms with Crippen LogP contribution in [0.5, 0.6) is 0 Å². The number of halogens is 3. The highest BCUT2D eigenvalue weighted by Gasteiger charge is 2.16. The van der Waals surface area contributed by atoms with Crippen molar-refractivity contribution in [3.63, 3.8) is 0 Å². The summed E-state index contributed by atoms with van der Waals surface area (Å²) in [6, 6.07) is 9.45. The molecule has 2 N–H and O–H groups in total. The van der Waals surface area contributed by atoms with Crippen LogP contribution < -0.4 is 5.73 Å². The van der Waals surface area contributed by atoms with Crippen molar-refractivity contribution >= 4 is 40.2 Å². The number of anilines is 1. The first-order chi connectivity index (χ1) is 9.08. The normalized spacial score (nSPS) is 11.1. The fourth-order valence-electron chi connectivity index (χ4n) is 2.00. The van der Waals surface area contributed by atoms with Gasteiger partial charge in [0.1, 0.15) is 5.82 Å². The third-order valence-corrected chi connectivity index (χ3v) is 3.34. The van der Waals surface area contributed by atoms with E-state index in [1.807, 2.05) is 0 Å². The van der Waals surface area contributed by atoms with Gasteiger partial charge >= 0.3 is 0 Å². The fourth-order valence-corrected chi connectivity index (χ4v) is 2.42. The standard InChI is InChI=1S/C13H8Cl2FN3/c14-7-4-5-9(16)11(6-7)19-12-8(15)2-1-3-10(12)18-13(19)17/h1-6H,(H2,17,18). The summed E-state index contributed by atoms with van der Waals surface area (Å²) in [6.07, 6.45) is 0. The Kier molecular flexibility index (Phi) is 2.84. The Morgan fingerprint density at radius 1 is 1.16 bits per heavy atom. The van der Waals surface area contributed by atoms with Crippen LogP contribution in [-0.2, 0) is 0 Å². The second-order valence-corrected chi connectivity index (χ2v) is 4.85. The molecule has 6 heteroatoms. The monoisotopic (exact) mass is 295 g/mol. The molecule has 0 aliphatic heterocycles. The first-order valence-electron chi connectivity index (χ1n) is 5.46. The summed E-state index contributed by atoms with van der Waals surface area (Å²) < 4.78 is 15.4. The van der Waals surface area contributed by atoms with Crippen molar-refractivity contribution in [1.82, 2.24) is 9.55 Å². The van der Waals surface area contributed by atoms with Crippen LogP contribution in [0.15, 0.2) is 36.4 Å². The van der Waals surface area contributed by atoms with Crippen LogP contribution in [0.2, 0.25) is 10.0 Å². The van der Waals surface area contributed by atoms with Gasteiger partial charge in [-0.15, -0.1) is 0 Å². The van der Waals surface area contributed by atoms with Crippen LogP contribution in [0, 0.1) is 5.82 Å². The minimum Gasteiger partial charge on any atom is -0.369 e. The quantitative estimate of drug-likeness (QED) is 0.736. The summed E-state index contributed by atoms with van der Waals surface area (Å²) in [5.41, 5.74) is 7.24. The van der Waals surface area contributed by atoms with E-state index >= 15 is 0 Å². The average molecular weight is 296 g/mol. The van der Waals surface area contributed by atoms with Crippen LogP contribution >= 0.6 is 23.2 Å². The van der Waals surface area contributed by atoms with Gasteiger partial charge in [0, 0.05) is 5.02 Å². The lowest BCUT2D eigenvalue weighted by atomic mass is 10.2. The number of nitrogen functional groups attached to an aromatic ring is 1. The molecule has 0 spiro atoms. The van der Waals surface area contributed by atoms with Crippen molar-refractivity contribution in [1.29, 1.82) is 0 Å². The zero-order valence-corrected chi connectivity index (χ0v) is 11.1. The van der Waals surface area contributed by atoms with Gasteiger partial charge in [-0.2, -0.15) is 0 Å². The smallest absolute Gasteiger partial charge is 0.206 e. The molecule has 0 amide bonds. The van der Waals surface area contributed by atoms with Gasteiger partial charge in [-0.3, -0.25) is 4.57 Å². The van der Waals surface area contributed by atoms with Crippen LogP contribution in [0.4, 0.5) is 10.3 Å². The molecule has 0 atom stereocenters. The summed E-state index contributed by atoms with van der Waals surface area (Å²) in [4.78, 5) is 4.17. The molecule has 3 rings (SSSR count). The van der Waals surface area contributed by atoms with Crippen molar-refractivity contribution in [2.24, 2.45) is 0 Å². The van der Waals surface area contributed by atoms with E-state index < -0.39 is 5.82 Å². The van der Waals surface area contributed by atoms with E-state index in [2.05, 4.69) is 4.98 Å². The highest BCUT2D eigenvalue weighted by atomic mass is 35.5. The topological polar surface area (TPSA) is 43.8 Å². The number of para-hydroxylation sites is 1. The lowest BCUT2D eigenvalue weighted by Crippen LogP contribution is -2.03. The Hall–Kier alpha value is -1.78. The largest absolute Gasteiger partial charge is 0.369 e. The molecular formula is C13H8Cl2FN3. The van der Waals surface area contributed by atoms with E-state index in [-0.39, 0.29) is 11.6 Å². The second kappa shape index (κ2) is 4.40. The van der Waals surface area contributed by atoms with Crippen molar-refractivity contribution in [3.8, 4) is 5.69 Å². The predicted octanol–water partition coefficient (Wildman–Crippen LogP) is 4.05. The Bertz CT molecular complexity index is 783. The molecule has 3 aromatic rings. The molecule has 0 fully saturated rings. The third kappa shape index (κ3) is 1.93. The molecule has 2 aromatic carbocycles. The van der Waals surface area contributed by atoms with Crippen LogP contribution in [0.3, 0.4) is 0 Å². The van der Waals surface area contributed by atoms with Gasteiger partial charge in [-0.25, -0.2) is 9.37 Å². The molecular weight excluding hydrogens is 288 g/mol. The number of nitrogens with zero attached hydrogens (tertiary/aromatic N) is 2. The van der Waals surface area contributed by atoms with E-state index in [0.29, 0.717) is 21.1 Å². The van der Waals surface area contributed by atoms with Gasteiger partial charge in [0.25, 0.3) is 0 Å². The minimum atomic E-state index is -0.449. The van der Waals surface area contributed by atoms with Crippen LogP contribution in [-0.4, -0.2) is 9.55 Å². The molecule has 1 heterocycles. The molecule has 1 aromatic heterocycles. The van der Waals surface area contributed by atoms with Crippen LogP contribution in [0.25, 0.3) is 16.7 Å². The number of aromatic nitrogens is 2. The Morgan fingerprint density at radius 3 is 2.74 bits per heavy atom. The number of nitrogens with two attached hydrogens (primary N) is 1. The molecule has 0 bridgehead atoms. The number of hydrogen-bond acceptors (Lipinski definition) is 2. The molecule has 3 nitrogen and oxygen atoms in total. The first kappa shape index (κ1) is 12.3. The van der Waals surface area contributed by atoms with Crippen molar-refractivity contribution in [2.75, 3.05) is 5.73 Å². The lowest BCUT2D eigenvalue weighted by Gasteiger charge is -2.09. The SMILES string of the molecule is Nc1nc2cccc(Cl)c2n1-c1cc(Cl)ccc1F. The zero-order chi connectivity index (χ0) is 13.6. The van der Waals surface area contributed by atoms with E-state index in [0.717, 1.165) is 0 Å².